The molecule has 4 nitrogen and oxygen atoms in total. The van der Waals surface area contributed by atoms with Crippen molar-refractivity contribution in [3.05, 3.63) is 24.0 Å². The van der Waals surface area contributed by atoms with Gasteiger partial charge in [-0.1, -0.05) is 13.0 Å². The molecular weight excluding hydrogens is 178 g/mol. The Morgan fingerprint density at radius 2 is 2.43 bits per heavy atom. The number of nitrogens with zero attached hydrogens (tertiary/aromatic N) is 2. The molecule has 1 aromatic rings. The van der Waals surface area contributed by atoms with E-state index < -0.39 is 0 Å². The molecule has 76 valence electrons. The van der Waals surface area contributed by atoms with Crippen LogP contribution in [0.15, 0.2) is 18.3 Å². The number of nitrogens with one attached hydrogen (secondary N) is 1. The molecule has 0 fully saturated rings. The minimum absolute atomic E-state index is 0.116. The van der Waals surface area contributed by atoms with Crippen LogP contribution in [0.25, 0.3) is 0 Å². The molecule has 0 atom stereocenters. The summed E-state index contributed by atoms with van der Waals surface area (Å²) in [5, 5.41) is 6.99. The van der Waals surface area contributed by atoms with Crippen LogP contribution in [0.3, 0.4) is 0 Å². The Balaban J connectivity index is 2.79. The fraction of sp³-hybridized carbons (Fsp3) is 0.400. The van der Waals surface area contributed by atoms with E-state index in [0.29, 0.717) is 0 Å². The second-order valence-electron chi connectivity index (χ2n) is 3.01. The van der Waals surface area contributed by atoms with Crippen LogP contribution in [-0.2, 0) is 18.3 Å². The van der Waals surface area contributed by atoms with E-state index in [1.54, 1.807) is 17.0 Å². The van der Waals surface area contributed by atoms with Crippen molar-refractivity contribution in [2.24, 2.45) is 7.05 Å². The first kappa shape index (κ1) is 10.5. The van der Waals surface area contributed by atoms with Crippen LogP contribution >= 0.6 is 0 Å². The fourth-order valence-corrected chi connectivity index (χ4v) is 1.23. The van der Waals surface area contributed by atoms with Crippen molar-refractivity contribution < 1.29 is 4.79 Å². The van der Waals surface area contributed by atoms with Gasteiger partial charge in [-0.25, -0.2) is 0 Å². The Morgan fingerprint density at radius 1 is 1.71 bits per heavy atom. The lowest BCUT2D eigenvalue weighted by Gasteiger charge is -1.99. The van der Waals surface area contributed by atoms with Crippen LogP contribution in [-0.4, -0.2) is 15.7 Å². The number of allylic oxidation sites excluding steroid dienone is 1. The van der Waals surface area contributed by atoms with Gasteiger partial charge in [0.2, 0.25) is 5.91 Å². The first-order valence-corrected chi connectivity index (χ1v) is 4.63. The molecule has 0 saturated carbocycles. The van der Waals surface area contributed by atoms with Gasteiger partial charge in [-0.2, -0.15) is 5.10 Å². The Morgan fingerprint density at radius 3 is 3.00 bits per heavy atom. The Labute approximate surface area is 83.6 Å². The summed E-state index contributed by atoms with van der Waals surface area (Å²) in [4.78, 5) is 11.3. The number of carbonyl (C=O) groups excluding carboxylic acids is 1. The van der Waals surface area contributed by atoms with E-state index in [2.05, 4.69) is 10.4 Å². The summed E-state index contributed by atoms with van der Waals surface area (Å²) in [6.45, 7) is 3.82. The molecular formula is C10H15N3O. The minimum Gasteiger partial charge on any atom is -0.320 e. The maximum atomic E-state index is 11.3. The highest BCUT2D eigenvalue weighted by Gasteiger charge is 2.06. The predicted octanol–water partition coefficient (Wildman–Crippen LogP) is 1.50. The Kier molecular flexibility index (Phi) is 3.45. The predicted molar refractivity (Wildman–Crippen MR) is 56.0 cm³/mol. The van der Waals surface area contributed by atoms with Gasteiger partial charge in [0.05, 0.1) is 11.4 Å². The standard InChI is InChI=1S/C10H15N3O/c1-4-6-10(14)11-9-7-13(3)12-8(9)5-2/h4,6-7H,5H2,1-3H3,(H,11,14)/b6-4+. The minimum atomic E-state index is -0.116. The molecule has 0 radical (unpaired) electrons. The third-order valence-corrected chi connectivity index (χ3v) is 1.82. The fourth-order valence-electron chi connectivity index (χ4n) is 1.23. The molecule has 0 spiro atoms. The van der Waals surface area contributed by atoms with Crippen molar-refractivity contribution in [3.8, 4) is 0 Å². The van der Waals surface area contributed by atoms with Crippen LogP contribution in [0, 0.1) is 0 Å². The monoisotopic (exact) mass is 193 g/mol. The van der Waals surface area contributed by atoms with Crippen molar-refractivity contribution in [2.45, 2.75) is 20.3 Å². The highest BCUT2D eigenvalue weighted by atomic mass is 16.1. The third-order valence-electron chi connectivity index (χ3n) is 1.82. The number of hydrogen-bond donors (Lipinski definition) is 1. The highest BCUT2D eigenvalue weighted by Crippen LogP contribution is 2.13. The van der Waals surface area contributed by atoms with Gasteiger partial charge < -0.3 is 5.32 Å². The number of hydrogen-bond acceptors (Lipinski definition) is 2. The van der Waals surface area contributed by atoms with Crippen molar-refractivity contribution in [1.82, 2.24) is 9.78 Å². The van der Waals surface area contributed by atoms with E-state index in [4.69, 9.17) is 0 Å². The lowest BCUT2D eigenvalue weighted by Crippen LogP contribution is -2.08. The van der Waals surface area contributed by atoms with Crippen LogP contribution in [0.2, 0.25) is 0 Å². The summed E-state index contributed by atoms with van der Waals surface area (Å²) >= 11 is 0. The number of aromatic nitrogens is 2. The second-order valence-corrected chi connectivity index (χ2v) is 3.01. The second kappa shape index (κ2) is 4.60. The van der Waals surface area contributed by atoms with E-state index in [1.165, 1.54) is 6.08 Å². The van der Waals surface area contributed by atoms with Gasteiger partial charge in [0.15, 0.2) is 0 Å². The molecule has 1 N–H and O–H groups in total. The number of amides is 1. The van der Waals surface area contributed by atoms with Crippen LogP contribution in [0.1, 0.15) is 19.5 Å². The van der Waals surface area contributed by atoms with Gasteiger partial charge in [0.25, 0.3) is 0 Å². The van der Waals surface area contributed by atoms with Crippen molar-refractivity contribution in [1.29, 1.82) is 0 Å². The maximum absolute atomic E-state index is 11.3. The quantitative estimate of drug-likeness (QED) is 0.739. The van der Waals surface area contributed by atoms with Crippen LogP contribution in [0.5, 0.6) is 0 Å². The van der Waals surface area contributed by atoms with Crippen molar-refractivity contribution in [2.75, 3.05) is 5.32 Å². The average Bonchev–Trinajstić information content (AvgIpc) is 2.46. The van der Waals surface area contributed by atoms with E-state index in [9.17, 15) is 4.79 Å². The van der Waals surface area contributed by atoms with Gasteiger partial charge in [-0.05, 0) is 19.4 Å². The van der Waals surface area contributed by atoms with Gasteiger partial charge >= 0.3 is 0 Å². The van der Waals surface area contributed by atoms with E-state index >= 15 is 0 Å². The lowest BCUT2D eigenvalue weighted by atomic mass is 10.3. The SMILES string of the molecule is C/C=C/C(=O)Nc1cn(C)nc1CC. The maximum Gasteiger partial charge on any atom is 0.248 e. The summed E-state index contributed by atoms with van der Waals surface area (Å²) in [5.41, 5.74) is 1.70. The zero-order chi connectivity index (χ0) is 10.6. The number of carbonyl (C=O) groups is 1. The molecule has 0 aliphatic heterocycles. The third kappa shape index (κ3) is 2.45. The molecule has 4 heteroatoms. The van der Waals surface area contributed by atoms with E-state index in [1.807, 2.05) is 20.9 Å². The summed E-state index contributed by atoms with van der Waals surface area (Å²) < 4.78 is 1.70. The highest BCUT2D eigenvalue weighted by molar-refractivity contribution is 5.99. The lowest BCUT2D eigenvalue weighted by molar-refractivity contribution is -0.111. The van der Waals surface area contributed by atoms with Gasteiger partial charge in [-0.3, -0.25) is 9.48 Å². The zero-order valence-electron chi connectivity index (χ0n) is 8.74. The largest absolute Gasteiger partial charge is 0.320 e. The zero-order valence-corrected chi connectivity index (χ0v) is 8.74. The van der Waals surface area contributed by atoms with E-state index in [0.717, 1.165) is 17.8 Å². The summed E-state index contributed by atoms with van der Waals surface area (Å²) in [7, 11) is 1.84. The molecule has 14 heavy (non-hydrogen) atoms. The molecule has 1 rings (SSSR count). The molecule has 0 unspecified atom stereocenters. The van der Waals surface area contributed by atoms with Crippen LogP contribution in [0.4, 0.5) is 5.69 Å². The first-order chi connectivity index (χ1) is 6.67. The Hall–Kier alpha value is -1.58. The van der Waals surface area contributed by atoms with Gasteiger partial charge in [-0.15, -0.1) is 0 Å². The summed E-state index contributed by atoms with van der Waals surface area (Å²) in [6, 6.07) is 0. The number of aryl methyl sites for hydroxylation is 2. The number of rotatable bonds is 3. The smallest absolute Gasteiger partial charge is 0.248 e. The molecule has 1 aromatic heterocycles. The molecule has 1 amide bonds. The molecule has 1 heterocycles. The number of anilines is 1. The molecule has 0 aliphatic rings. The molecule has 0 aromatic carbocycles. The van der Waals surface area contributed by atoms with Gasteiger partial charge in [0.1, 0.15) is 0 Å². The van der Waals surface area contributed by atoms with Gasteiger partial charge in [0, 0.05) is 13.2 Å². The Bertz CT molecular complexity index is 352. The first-order valence-electron chi connectivity index (χ1n) is 4.63. The van der Waals surface area contributed by atoms with Crippen LogP contribution < -0.4 is 5.32 Å². The average molecular weight is 193 g/mol. The normalized spacial score (nSPS) is 10.8. The summed E-state index contributed by atoms with van der Waals surface area (Å²) in [5.74, 6) is -0.116. The molecule has 0 saturated heterocycles. The summed E-state index contributed by atoms with van der Waals surface area (Å²) in [6.07, 6.45) is 5.82. The molecule has 0 bridgehead atoms. The van der Waals surface area contributed by atoms with E-state index in [-0.39, 0.29) is 5.91 Å². The topological polar surface area (TPSA) is 46.9 Å². The van der Waals surface area contributed by atoms with Crippen molar-refractivity contribution in [3.63, 3.8) is 0 Å². The van der Waals surface area contributed by atoms with Crippen molar-refractivity contribution >= 4 is 11.6 Å². The molecule has 0 aliphatic carbocycles.